The van der Waals surface area contributed by atoms with Gasteiger partial charge in [-0.25, -0.2) is 8.42 Å². The van der Waals surface area contributed by atoms with E-state index in [1.807, 2.05) is 13.0 Å². The highest BCUT2D eigenvalue weighted by molar-refractivity contribution is 7.89. The minimum Gasteiger partial charge on any atom is -0.494 e. The van der Waals surface area contributed by atoms with E-state index in [-0.39, 0.29) is 25.2 Å². The number of carbonyl (C=O) groups excluding carboxylic acids is 3. The topological polar surface area (TPSA) is 119 Å². The zero-order valence-corrected chi connectivity index (χ0v) is 21.3. The summed E-state index contributed by atoms with van der Waals surface area (Å²) in [5.41, 5.74) is 0.495. The van der Waals surface area contributed by atoms with E-state index in [1.54, 1.807) is 22.9 Å². The van der Waals surface area contributed by atoms with Crippen LogP contribution in [0.4, 0.5) is 13.2 Å². The first-order chi connectivity index (χ1) is 16.8. The molecule has 1 atom stereocenters. The molecule has 0 aliphatic heterocycles. The minimum absolute atomic E-state index is 0.130. The van der Waals surface area contributed by atoms with E-state index in [0.717, 1.165) is 17.6 Å². The third kappa shape index (κ3) is 10.8. The van der Waals surface area contributed by atoms with Crippen molar-refractivity contribution in [2.45, 2.75) is 51.2 Å². The number of sulfonamides is 1. The maximum Gasteiger partial charge on any atom is 0.389 e. The summed E-state index contributed by atoms with van der Waals surface area (Å²) in [4.78, 5) is 38.6. The molecule has 0 radical (unpaired) electrons. The number of rotatable bonds is 13. The summed E-state index contributed by atoms with van der Waals surface area (Å²) in [6.07, 6.45) is -4.78. The zero-order valence-electron chi connectivity index (χ0n) is 19.7. The van der Waals surface area contributed by atoms with Gasteiger partial charge in [-0.1, -0.05) is 19.1 Å². The molecule has 13 heteroatoms. The molecule has 0 aliphatic carbocycles. The van der Waals surface area contributed by atoms with Crippen LogP contribution in [0.25, 0.3) is 0 Å². The Bertz CT molecular complexity index is 1160. The normalized spacial score (nSPS) is 12.6. The van der Waals surface area contributed by atoms with Gasteiger partial charge in [0.1, 0.15) is 12.2 Å². The highest BCUT2D eigenvalue weighted by Crippen LogP contribution is 2.26. The Morgan fingerprint density at radius 1 is 1.06 bits per heavy atom. The Morgan fingerprint density at radius 2 is 1.72 bits per heavy atom. The highest BCUT2D eigenvalue weighted by Gasteiger charge is 2.26. The molecule has 1 aromatic heterocycles. The molecule has 8 nitrogen and oxygen atoms in total. The second-order valence-electron chi connectivity index (χ2n) is 7.98. The van der Waals surface area contributed by atoms with E-state index in [4.69, 9.17) is 4.74 Å². The summed E-state index contributed by atoms with van der Waals surface area (Å²) in [5, 5.41) is 2.58. The number of hydrogen-bond donors (Lipinski definition) is 2. The van der Waals surface area contributed by atoms with E-state index in [1.165, 1.54) is 23.5 Å². The van der Waals surface area contributed by atoms with Crippen LogP contribution in [-0.2, 0) is 26.0 Å². The number of aryl methyl sites for hydroxylation is 1. The zero-order chi connectivity index (χ0) is 26.9. The van der Waals surface area contributed by atoms with Gasteiger partial charge in [0, 0.05) is 17.7 Å². The van der Waals surface area contributed by atoms with Crippen molar-refractivity contribution in [2.75, 3.05) is 12.9 Å². The fraction of sp³-hybridized carbons (Fsp3) is 0.435. The first-order valence-corrected chi connectivity index (χ1v) is 13.7. The largest absolute Gasteiger partial charge is 0.494 e. The number of Topliss-reactive ketones (excluding diaryl/α,β-unsaturated/α-hetero) is 1. The minimum atomic E-state index is -4.26. The molecule has 2 amide bonds. The Labute approximate surface area is 211 Å². The van der Waals surface area contributed by atoms with Gasteiger partial charge in [-0.05, 0) is 42.7 Å². The average Bonchev–Trinajstić information content (AvgIpc) is 3.24. The summed E-state index contributed by atoms with van der Waals surface area (Å²) in [5.74, 6) is -1.73. The van der Waals surface area contributed by atoms with E-state index in [0.29, 0.717) is 16.2 Å². The first-order valence-electron chi connectivity index (χ1n) is 11.0. The second-order valence-corrected chi connectivity index (χ2v) is 10.9. The Morgan fingerprint density at radius 3 is 2.28 bits per heavy atom. The van der Waals surface area contributed by atoms with Gasteiger partial charge in [0.25, 0.3) is 0 Å². The maximum atomic E-state index is 12.9. The number of thiophene rings is 1. The number of nitrogens with one attached hydrogen (secondary N) is 2. The molecule has 0 aliphatic rings. The van der Waals surface area contributed by atoms with E-state index in [9.17, 15) is 36.0 Å². The number of alkyl halides is 3. The van der Waals surface area contributed by atoms with E-state index < -0.39 is 46.9 Å². The third-order valence-electron chi connectivity index (χ3n) is 4.79. The summed E-state index contributed by atoms with van der Waals surface area (Å²) in [6, 6.07) is 8.81. The standard InChI is InChI=1S/C23H27F3N2O6S2/c1-3-17-9-10-20(35-17)19(29)13-18(27-21(30)14-22(31)28-36(2,32)33)15-5-7-16(8-6-15)34-12-4-11-23(24,25)26/h5-10,18H,3-4,11-14H2,1-2H3,(H,27,30)(H,28,31). The van der Waals surface area contributed by atoms with Crippen molar-refractivity contribution >= 4 is 39.0 Å². The summed E-state index contributed by atoms with van der Waals surface area (Å²) in [7, 11) is -3.84. The van der Waals surface area contributed by atoms with Crippen LogP contribution in [-0.4, -0.2) is 45.1 Å². The SMILES string of the molecule is CCc1ccc(C(=O)CC(NC(=O)CC(=O)NS(C)(=O)=O)c2ccc(OCCCC(F)(F)F)cc2)s1. The summed E-state index contributed by atoms with van der Waals surface area (Å²) in [6.45, 7) is 1.82. The van der Waals surface area contributed by atoms with Gasteiger partial charge in [0.05, 0.1) is 23.8 Å². The summed E-state index contributed by atoms with van der Waals surface area (Å²) >= 11 is 1.34. The van der Waals surface area contributed by atoms with Crippen LogP contribution in [0, 0.1) is 0 Å². The monoisotopic (exact) mass is 548 g/mol. The van der Waals surface area contributed by atoms with Gasteiger partial charge in [0.2, 0.25) is 21.8 Å². The average molecular weight is 549 g/mol. The fourth-order valence-corrected chi connectivity index (χ4v) is 4.53. The van der Waals surface area contributed by atoms with Crippen molar-refractivity contribution in [3.8, 4) is 5.75 Å². The molecule has 1 heterocycles. The molecule has 2 N–H and O–H groups in total. The fourth-order valence-electron chi connectivity index (χ4n) is 3.15. The molecule has 0 fully saturated rings. The van der Waals surface area contributed by atoms with Crippen molar-refractivity contribution in [3.63, 3.8) is 0 Å². The molecule has 2 aromatic rings. The van der Waals surface area contributed by atoms with Crippen molar-refractivity contribution in [2.24, 2.45) is 0 Å². The smallest absolute Gasteiger partial charge is 0.389 e. The van der Waals surface area contributed by atoms with Gasteiger partial charge in [-0.15, -0.1) is 11.3 Å². The van der Waals surface area contributed by atoms with Gasteiger partial charge < -0.3 is 10.1 Å². The maximum absolute atomic E-state index is 12.9. The Hall–Kier alpha value is -2.93. The lowest BCUT2D eigenvalue weighted by atomic mass is 10.00. The van der Waals surface area contributed by atoms with Crippen LogP contribution in [0.2, 0.25) is 0 Å². The number of carbonyl (C=O) groups is 3. The highest BCUT2D eigenvalue weighted by atomic mass is 32.2. The first kappa shape index (κ1) is 29.3. The van der Waals surface area contributed by atoms with Crippen LogP contribution in [0.5, 0.6) is 5.75 Å². The van der Waals surface area contributed by atoms with Crippen molar-refractivity contribution in [3.05, 3.63) is 51.7 Å². The van der Waals surface area contributed by atoms with Crippen LogP contribution < -0.4 is 14.8 Å². The molecular weight excluding hydrogens is 521 g/mol. The number of amides is 2. The molecule has 0 saturated heterocycles. The van der Waals surface area contributed by atoms with E-state index >= 15 is 0 Å². The summed E-state index contributed by atoms with van der Waals surface area (Å²) < 4.78 is 66.2. The number of ether oxygens (including phenoxy) is 1. The second kappa shape index (κ2) is 12.9. The van der Waals surface area contributed by atoms with Crippen molar-refractivity contribution in [1.82, 2.24) is 10.0 Å². The van der Waals surface area contributed by atoms with E-state index in [2.05, 4.69) is 5.32 Å². The molecule has 198 valence electrons. The quantitative estimate of drug-likeness (QED) is 0.223. The number of ketones is 1. The molecular formula is C23H27F3N2O6S2. The third-order valence-corrected chi connectivity index (χ3v) is 6.65. The number of hydrogen-bond acceptors (Lipinski definition) is 7. The van der Waals surface area contributed by atoms with Gasteiger partial charge >= 0.3 is 6.18 Å². The molecule has 0 spiro atoms. The molecule has 2 rings (SSSR count). The van der Waals surface area contributed by atoms with Crippen LogP contribution in [0.15, 0.2) is 36.4 Å². The molecule has 0 saturated carbocycles. The van der Waals surface area contributed by atoms with Crippen molar-refractivity contribution < 1.29 is 40.7 Å². The Kier molecular flexibility index (Phi) is 10.5. The number of halogens is 3. The van der Waals surface area contributed by atoms with Crippen LogP contribution in [0.3, 0.4) is 0 Å². The Balaban J connectivity index is 2.11. The molecule has 1 unspecified atom stereocenters. The van der Waals surface area contributed by atoms with Gasteiger partial charge in [-0.2, -0.15) is 13.2 Å². The van der Waals surface area contributed by atoms with Crippen LogP contribution in [0.1, 0.15) is 58.8 Å². The molecule has 0 bridgehead atoms. The van der Waals surface area contributed by atoms with Crippen molar-refractivity contribution in [1.29, 1.82) is 0 Å². The predicted octanol–water partition coefficient (Wildman–Crippen LogP) is 3.93. The lowest BCUT2D eigenvalue weighted by molar-refractivity contribution is -0.136. The molecule has 1 aromatic carbocycles. The predicted molar refractivity (Wildman–Crippen MR) is 128 cm³/mol. The molecule has 36 heavy (non-hydrogen) atoms. The lowest BCUT2D eigenvalue weighted by Gasteiger charge is -2.19. The lowest BCUT2D eigenvalue weighted by Crippen LogP contribution is -2.36. The van der Waals surface area contributed by atoms with Crippen LogP contribution >= 0.6 is 11.3 Å². The number of benzene rings is 1. The van der Waals surface area contributed by atoms with Gasteiger partial charge in [0.15, 0.2) is 5.78 Å². The van der Waals surface area contributed by atoms with Gasteiger partial charge in [-0.3, -0.25) is 19.1 Å².